The molecule has 2 N–H and O–H groups in total. The summed E-state index contributed by atoms with van der Waals surface area (Å²) >= 11 is 5.68. The summed E-state index contributed by atoms with van der Waals surface area (Å²) in [4.78, 5) is 12.1. The third-order valence-electron chi connectivity index (χ3n) is 3.55. The maximum absolute atomic E-state index is 13.8. The lowest BCUT2D eigenvalue weighted by molar-refractivity contribution is 0.0929. The average Bonchev–Trinajstić information content (AvgIpc) is 2.89. The summed E-state index contributed by atoms with van der Waals surface area (Å²) < 4.78 is 13.8. The summed E-state index contributed by atoms with van der Waals surface area (Å²) in [5, 5.41) is 9.71. The fourth-order valence-electron chi connectivity index (χ4n) is 2.47. The SMILES string of the molecule is O=C(NC1CCc2cn[nH]c2C1)c1cccc(Cl)c1F. The molecular weight excluding hydrogens is 281 g/mol. The number of aromatic nitrogens is 2. The zero-order valence-electron chi connectivity index (χ0n) is 10.6. The maximum atomic E-state index is 13.8. The Hall–Kier alpha value is -1.88. The molecule has 1 unspecified atom stereocenters. The Morgan fingerprint density at radius 2 is 2.35 bits per heavy atom. The first kappa shape index (κ1) is 13.1. The van der Waals surface area contributed by atoms with E-state index in [4.69, 9.17) is 11.6 Å². The lowest BCUT2D eigenvalue weighted by Crippen LogP contribution is -2.39. The number of halogens is 2. The molecule has 0 fully saturated rings. The van der Waals surface area contributed by atoms with Gasteiger partial charge in [0.15, 0.2) is 5.82 Å². The largest absolute Gasteiger partial charge is 0.349 e. The van der Waals surface area contributed by atoms with Crippen molar-refractivity contribution < 1.29 is 9.18 Å². The molecule has 1 amide bonds. The van der Waals surface area contributed by atoms with Gasteiger partial charge >= 0.3 is 0 Å². The number of rotatable bonds is 2. The molecule has 4 nitrogen and oxygen atoms in total. The van der Waals surface area contributed by atoms with E-state index in [0.717, 1.165) is 18.5 Å². The van der Waals surface area contributed by atoms with Crippen LogP contribution in [0.1, 0.15) is 28.0 Å². The van der Waals surface area contributed by atoms with Crippen molar-refractivity contribution in [3.05, 3.63) is 52.1 Å². The Bertz CT molecular complexity index is 656. The number of hydrogen-bond donors (Lipinski definition) is 2. The summed E-state index contributed by atoms with van der Waals surface area (Å²) in [6.07, 6.45) is 4.17. The van der Waals surface area contributed by atoms with Crippen LogP contribution in [0.4, 0.5) is 4.39 Å². The highest BCUT2D eigenvalue weighted by molar-refractivity contribution is 6.31. The Kier molecular flexibility index (Phi) is 3.44. The smallest absolute Gasteiger partial charge is 0.254 e. The summed E-state index contributed by atoms with van der Waals surface area (Å²) in [5.74, 6) is -1.11. The number of carbonyl (C=O) groups excluding carboxylic acids is 1. The Balaban J connectivity index is 1.73. The molecule has 0 spiro atoms. The lowest BCUT2D eigenvalue weighted by atomic mass is 9.93. The minimum Gasteiger partial charge on any atom is -0.349 e. The van der Waals surface area contributed by atoms with Gasteiger partial charge in [0.25, 0.3) is 5.91 Å². The monoisotopic (exact) mass is 293 g/mol. The van der Waals surface area contributed by atoms with Crippen LogP contribution < -0.4 is 5.32 Å². The first-order valence-electron chi connectivity index (χ1n) is 6.41. The number of amides is 1. The fourth-order valence-corrected chi connectivity index (χ4v) is 2.65. The van der Waals surface area contributed by atoms with E-state index in [0.29, 0.717) is 6.42 Å². The number of benzene rings is 1. The quantitative estimate of drug-likeness (QED) is 0.894. The van der Waals surface area contributed by atoms with Crippen molar-refractivity contribution in [2.45, 2.75) is 25.3 Å². The lowest BCUT2D eigenvalue weighted by Gasteiger charge is -2.22. The van der Waals surface area contributed by atoms with Gasteiger partial charge in [0, 0.05) is 18.2 Å². The number of H-pyrrole nitrogens is 1. The van der Waals surface area contributed by atoms with Crippen LogP contribution in [0.3, 0.4) is 0 Å². The van der Waals surface area contributed by atoms with E-state index in [1.54, 1.807) is 6.07 Å². The number of hydrogen-bond acceptors (Lipinski definition) is 2. The summed E-state index contributed by atoms with van der Waals surface area (Å²) in [7, 11) is 0. The molecule has 6 heteroatoms. The van der Waals surface area contributed by atoms with Gasteiger partial charge in [0.2, 0.25) is 0 Å². The predicted molar refractivity (Wildman–Crippen MR) is 73.3 cm³/mol. The number of aryl methyl sites for hydroxylation is 1. The summed E-state index contributed by atoms with van der Waals surface area (Å²) in [6.45, 7) is 0. The Morgan fingerprint density at radius 3 is 3.20 bits per heavy atom. The fraction of sp³-hybridized carbons (Fsp3) is 0.286. The normalized spacial score (nSPS) is 17.6. The molecule has 1 aromatic carbocycles. The van der Waals surface area contributed by atoms with E-state index in [2.05, 4.69) is 15.5 Å². The van der Waals surface area contributed by atoms with Gasteiger partial charge in [-0.2, -0.15) is 5.10 Å². The highest BCUT2D eigenvalue weighted by atomic mass is 35.5. The zero-order valence-corrected chi connectivity index (χ0v) is 11.4. The van der Waals surface area contributed by atoms with Crippen molar-refractivity contribution in [2.24, 2.45) is 0 Å². The third-order valence-corrected chi connectivity index (χ3v) is 3.84. The summed E-state index contributed by atoms with van der Waals surface area (Å²) in [6, 6.07) is 4.40. The van der Waals surface area contributed by atoms with Gasteiger partial charge in [-0.05, 0) is 30.5 Å². The molecule has 1 aliphatic carbocycles. The van der Waals surface area contributed by atoms with Crippen molar-refractivity contribution in [2.75, 3.05) is 0 Å². The highest BCUT2D eigenvalue weighted by Gasteiger charge is 2.23. The molecule has 2 aromatic rings. The third kappa shape index (κ3) is 2.41. The standard InChI is InChI=1S/C14H13ClFN3O/c15-11-3-1-2-10(13(11)16)14(20)18-9-5-4-8-7-17-19-12(8)6-9/h1-3,7,9H,4-6H2,(H,17,19)(H,18,20). The zero-order chi connectivity index (χ0) is 14.1. The number of fused-ring (bicyclic) bond motifs is 1. The van der Waals surface area contributed by atoms with Gasteiger partial charge in [0.1, 0.15) is 0 Å². The number of carbonyl (C=O) groups is 1. The Labute approximate surface area is 120 Å². The molecule has 1 atom stereocenters. The molecule has 0 bridgehead atoms. The van der Waals surface area contributed by atoms with Gasteiger partial charge in [-0.3, -0.25) is 9.89 Å². The molecular formula is C14H13ClFN3O. The molecule has 0 aliphatic heterocycles. The second-order valence-corrected chi connectivity index (χ2v) is 5.30. The van der Waals surface area contributed by atoms with E-state index < -0.39 is 11.7 Å². The van der Waals surface area contributed by atoms with Crippen molar-refractivity contribution in [1.82, 2.24) is 15.5 Å². The number of nitrogens with zero attached hydrogens (tertiary/aromatic N) is 1. The van der Waals surface area contributed by atoms with E-state index >= 15 is 0 Å². The van der Waals surface area contributed by atoms with E-state index in [-0.39, 0.29) is 16.6 Å². The second-order valence-electron chi connectivity index (χ2n) is 4.89. The van der Waals surface area contributed by atoms with Crippen LogP contribution in [0.25, 0.3) is 0 Å². The Morgan fingerprint density at radius 1 is 1.50 bits per heavy atom. The van der Waals surface area contributed by atoms with Gasteiger partial charge < -0.3 is 5.32 Å². The van der Waals surface area contributed by atoms with Crippen LogP contribution in [0.15, 0.2) is 24.4 Å². The van der Waals surface area contributed by atoms with Crippen LogP contribution >= 0.6 is 11.6 Å². The minimum absolute atomic E-state index is 0.0196. The van der Waals surface area contributed by atoms with E-state index in [9.17, 15) is 9.18 Å². The van der Waals surface area contributed by atoms with Crippen molar-refractivity contribution in [3.63, 3.8) is 0 Å². The topological polar surface area (TPSA) is 57.8 Å². The van der Waals surface area contributed by atoms with Crippen LogP contribution in [0.2, 0.25) is 5.02 Å². The summed E-state index contributed by atoms with van der Waals surface area (Å²) in [5.41, 5.74) is 2.20. The molecule has 0 saturated heterocycles. The average molecular weight is 294 g/mol. The predicted octanol–water partition coefficient (Wildman–Crippen LogP) is 2.49. The number of aromatic amines is 1. The molecule has 1 aliphatic rings. The molecule has 0 radical (unpaired) electrons. The number of nitrogens with one attached hydrogen (secondary N) is 2. The molecule has 1 aromatic heterocycles. The van der Waals surface area contributed by atoms with Crippen LogP contribution in [-0.2, 0) is 12.8 Å². The highest BCUT2D eigenvalue weighted by Crippen LogP contribution is 2.21. The molecule has 0 saturated carbocycles. The van der Waals surface area contributed by atoms with Gasteiger partial charge in [-0.1, -0.05) is 17.7 Å². The second kappa shape index (κ2) is 5.25. The van der Waals surface area contributed by atoms with Gasteiger partial charge in [-0.25, -0.2) is 4.39 Å². The first-order chi connectivity index (χ1) is 9.65. The van der Waals surface area contributed by atoms with Crippen molar-refractivity contribution in [1.29, 1.82) is 0 Å². The minimum atomic E-state index is -0.676. The van der Waals surface area contributed by atoms with Crippen molar-refractivity contribution >= 4 is 17.5 Å². The van der Waals surface area contributed by atoms with Crippen LogP contribution in [-0.4, -0.2) is 22.1 Å². The van der Waals surface area contributed by atoms with E-state index in [1.807, 2.05) is 6.20 Å². The van der Waals surface area contributed by atoms with E-state index in [1.165, 1.54) is 17.7 Å². The van der Waals surface area contributed by atoms with Crippen LogP contribution in [0, 0.1) is 5.82 Å². The van der Waals surface area contributed by atoms with Crippen molar-refractivity contribution in [3.8, 4) is 0 Å². The molecule has 3 rings (SSSR count). The van der Waals surface area contributed by atoms with Crippen LogP contribution in [0.5, 0.6) is 0 Å². The molecule has 20 heavy (non-hydrogen) atoms. The van der Waals surface area contributed by atoms with Gasteiger partial charge in [0.05, 0.1) is 16.8 Å². The molecule has 1 heterocycles. The molecule has 104 valence electrons. The maximum Gasteiger partial charge on any atom is 0.254 e. The van der Waals surface area contributed by atoms with Gasteiger partial charge in [-0.15, -0.1) is 0 Å². The first-order valence-corrected chi connectivity index (χ1v) is 6.79.